The van der Waals surface area contributed by atoms with Crippen molar-refractivity contribution in [2.24, 2.45) is 4.99 Å². The topological polar surface area (TPSA) is 32.7 Å². The SMILES string of the molecule is CCCCC1=NC=C(/C=C\Cc2cccs2)CN1Cc1ccc(C=O)cc1. The van der Waals surface area contributed by atoms with Gasteiger partial charge in [0.15, 0.2) is 0 Å². The molecule has 0 aliphatic carbocycles. The van der Waals surface area contributed by atoms with Gasteiger partial charge in [0.1, 0.15) is 12.1 Å². The van der Waals surface area contributed by atoms with Crippen molar-refractivity contribution in [2.45, 2.75) is 39.2 Å². The van der Waals surface area contributed by atoms with Crippen molar-refractivity contribution >= 4 is 23.5 Å². The summed E-state index contributed by atoms with van der Waals surface area (Å²) in [5.74, 6) is 1.16. The Morgan fingerprint density at radius 3 is 2.78 bits per heavy atom. The summed E-state index contributed by atoms with van der Waals surface area (Å²) in [7, 11) is 0. The summed E-state index contributed by atoms with van der Waals surface area (Å²) in [6.45, 7) is 3.90. The molecule has 2 aromatic rings. The van der Waals surface area contributed by atoms with E-state index in [9.17, 15) is 4.79 Å². The molecule has 140 valence electrons. The van der Waals surface area contributed by atoms with Gasteiger partial charge in [-0.3, -0.25) is 4.79 Å². The van der Waals surface area contributed by atoms with E-state index in [1.165, 1.54) is 16.0 Å². The molecule has 0 spiro atoms. The number of amidine groups is 1. The molecule has 2 heterocycles. The molecule has 0 unspecified atom stereocenters. The Hall–Kier alpha value is -2.46. The average Bonchev–Trinajstić information content (AvgIpc) is 3.21. The number of carbonyl (C=O) groups is 1. The van der Waals surface area contributed by atoms with Crippen LogP contribution in [0.5, 0.6) is 0 Å². The molecular weight excluding hydrogens is 352 g/mol. The second-order valence-corrected chi connectivity index (χ2v) is 7.79. The van der Waals surface area contributed by atoms with Crippen LogP contribution in [-0.4, -0.2) is 23.6 Å². The minimum atomic E-state index is 0.717. The molecule has 4 heteroatoms. The van der Waals surface area contributed by atoms with Gasteiger partial charge >= 0.3 is 0 Å². The van der Waals surface area contributed by atoms with Gasteiger partial charge in [-0.1, -0.05) is 55.8 Å². The fourth-order valence-electron chi connectivity index (χ4n) is 3.07. The van der Waals surface area contributed by atoms with Crippen LogP contribution < -0.4 is 0 Å². The first kappa shape index (κ1) is 19.3. The van der Waals surface area contributed by atoms with Gasteiger partial charge in [-0.25, -0.2) is 4.99 Å². The lowest BCUT2D eigenvalue weighted by Gasteiger charge is -2.29. The molecule has 1 aromatic heterocycles. The molecule has 0 N–H and O–H groups in total. The Kier molecular flexibility index (Phi) is 7.17. The number of allylic oxidation sites excluding steroid dienone is 1. The van der Waals surface area contributed by atoms with Crippen molar-refractivity contribution in [1.29, 1.82) is 0 Å². The molecule has 3 nitrogen and oxygen atoms in total. The van der Waals surface area contributed by atoms with E-state index in [2.05, 4.69) is 41.5 Å². The molecule has 0 bridgehead atoms. The standard InChI is InChI=1S/C23H26N2OS/c1-2-3-9-23-24-15-21(6-4-7-22-8-5-14-27-22)17-25(23)16-19-10-12-20(18-26)13-11-19/h4-6,8,10-15,18H,2-3,7,9,16-17H2,1H3/b6-4-. The Bertz CT molecular complexity index is 817. The average molecular weight is 379 g/mol. The maximum atomic E-state index is 10.9. The Morgan fingerprint density at radius 1 is 1.22 bits per heavy atom. The molecule has 3 rings (SSSR count). The summed E-state index contributed by atoms with van der Waals surface area (Å²) in [6.07, 6.45) is 11.6. The molecule has 27 heavy (non-hydrogen) atoms. The van der Waals surface area contributed by atoms with Crippen LogP contribution in [0.25, 0.3) is 0 Å². The van der Waals surface area contributed by atoms with Crippen molar-refractivity contribution in [3.63, 3.8) is 0 Å². The zero-order chi connectivity index (χ0) is 18.9. The van der Waals surface area contributed by atoms with Gasteiger partial charge in [-0.05, 0) is 29.0 Å². The number of thiophene rings is 1. The fourth-order valence-corrected chi connectivity index (χ4v) is 3.75. The van der Waals surface area contributed by atoms with Gasteiger partial charge in [0.05, 0.1) is 0 Å². The number of unbranched alkanes of at least 4 members (excludes halogenated alkanes) is 1. The van der Waals surface area contributed by atoms with E-state index in [-0.39, 0.29) is 0 Å². The Morgan fingerprint density at radius 2 is 2.07 bits per heavy atom. The minimum absolute atomic E-state index is 0.717. The molecule has 0 saturated carbocycles. The highest BCUT2D eigenvalue weighted by Crippen LogP contribution is 2.18. The first-order chi connectivity index (χ1) is 13.3. The number of nitrogens with zero attached hydrogens (tertiary/aromatic N) is 2. The lowest BCUT2D eigenvalue weighted by molar-refractivity contribution is 0.112. The molecule has 0 amide bonds. The van der Waals surface area contributed by atoms with E-state index >= 15 is 0 Å². The third kappa shape index (κ3) is 5.76. The maximum absolute atomic E-state index is 10.9. The lowest BCUT2D eigenvalue weighted by Crippen LogP contribution is -2.34. The van der Waals surface area contributed by atoms with Crippen LogP contribution in [0, 0.1) is 0 Å². The summed E-state index contributed by atoms with van der Waals surface area (Å²) in [6, 6.07) is 12.1. The summed E-state index contributed by atoms with van der Waals surface area (Å²) >= 11 is 1.79. The van der Waals surface area contributed by atoms with E-state index in [1.54, 1.807) is 11.3 Å². The van der Waals surface area contributed by atoms with Crippen LogP contribution in [0.2, 0.25) is 0 Å². The number of carbonyl (C=O) groups excluding carboxylic acids is 1. The van der Waals surface area contributed by atoms with Crippen LogP contribution in [0.1, 0.15) is 47.0 Å². The van der Waals surface area contributed by atoms with Crippen molar-refractivity contribution < 1.29 is 4.79 Å². The summed E-state index contributed by atoms with van der Waals surface area (Å²) < 4.78 is 0. The number of aliphatic imine (C=N–C) groups is 1. The minimum Gasteiger partial charge on any atom is -0.351 e. The highest BCUT2D eigenvalue weighted by molar-refractivity contribution is 7.09. The van der Waals surface area contributed by atoms with Crippen molar-refractivity contribution in [3.8, 4) is 0 Å². The first-order valence-electron chi connectivity index (χ1n) is 9.52. The largest absolute Gasteiger partial charge is 0.351 e. The quantitative estimate of drug-likeness (QED) is 0.528. The zero-order valence-corrected chi connectivity index (χ0v) is 16.6. The van der Waals surface area contributed by atoms with Crippen LogP contribution >= 0.6 is 11.3 Å². The molecular formula is C23H26N2OS. The van der Waals surface area contributed by atoms with E-state index in [0.717, 1.165) is 56.5 Å². The van der Waals surface area contributed by atoms with Crippen LogP contribution in [0.3, 0.4) is 0 Å². The molecule has 1 aliphatic heterocycles. The third-order valence-electron chi connectivity index (χ3n) is 4.59. The highest BCUT2D eigenvalue weighted by Gasteiger charge is 2.16. The van der Waals surface area contributed by atoms with Gasteiger partial charge in [-0.2, -0.15) is 0 Å². The Balaban J connectivity index is 1.68. The lowest BCUT2D eigenvalue weighted by atomic mass is 10.1. The molecule has 0 saturated heterocycles. The molecule has 0 atom stereocenters. The molecule has 0 radical (unpaired) electrons. The number of benzene rings is 1. The predicted octanol–water partition coefficient (Wildman–Crippen LogP) is 5.65. The molecule has 1 aromatic carbocycles. The predicted molar refractivity (Wildman–Crippen MR) is 114 cm³/mol. The number of hydrogen-bond acceptors (Lipinski definition) is 4. The second kappa shape index (κ2) is 10.0. The van der Waals surface area contributed by atoms with Crippen LogP contribution in [-0.2, 0) is 13.0 Å². The monoisotopic (exact) mass is 378 g/mol. The summed E-state index contributed by atoms with van der Waals surface area (Å²) in [4.78, 5) is 19.3. The smallest absolute Gasteiger partial charge is 0.150 e. The fraction of sp³-hybridized carbons (Fsp3) is 0.304. The second-order valence-electron chi connectivity index (χ2n) is 6.75. The van der Waals surface area contributed by atoms with Crippen molar-refractivity contribution in [2.75, 3.05) is 6.54 Å². The number of hydrogen-bond donors (Lipinski definition) is 0. The molecule has 0 fully saturated rings. The van der Waals surface area contributed by atoms with E-state index in [1.807, 2.05) is 30.5 Å². The summed E-state index contributed by atoms with van der Waals surface area (Å²) in [5, 5.41) is 2.12. The number of aldehydes is 1. The van der Waals surface area contributed by atoms with Crippen LogP contribution in [0.4, 0.5) is 0 Å². The third-order valence-corrected chi connectivity index (χ3v) is 5.49. The highest BCUT2D eigenvalue weighted by atomic mass is 32.1. The number of rotatable bonds is 9. The van der Waals surface area contributed by atoms with Gasteiger partial charge in [0.2, 0.25) is 0 Å². The van der Waals surface area contributed by atoms with E-state index in [0.29, 0.717) is 0 Å². The van der Waals surface area contributed by atoms with Gasteiger partial charge in [0.25, 0.3) is 0 Å². The van der Waals surface area contributed by atoms with Gasteiger partial charge in [0, 0.05) is 42.6 Å². The van der Waals surface area contributed by atoms with Crippen molar-refractivity contribution in [3.05, 3.63) is 81.7 Å². The molecule has 1 aliphatic rings. The Labute approximate surface area is 165 Å². The normalized spacial score (nSPS) is 14.3. The zero-order valence-electron chi connectivity index (χ0n) is 15.8. The van der Waals surface area contributed by atoms with E-state index < -0.39 is 0 Å². The first-order valence-corrected chi connectivity index (χ1v) is 10.4. The summed E-state index contributed by atoms with van der Waals surface area (Å²) in [5.41, 5.74) is 3.15. The van der Waals surface area contributed by atoms with E-state index in [4.69, 9.17) is 4.99 Å². The van der Waals surface area contributed by atoms with Crippen LogP contribution in [0.15, 0.2) is 70.7 Å². The van der Waals surface area contributed by atoms with Gasteiger partial charge in [-0.15, -0.1) is 11.3 Å². The van der Waals surface area contributed by atoms with Crippen molar-refractivity contribution in [1.82, 2.24) is 4.90 Å². The van der Waals surface area contributed by atoms with Gasteiger partial charge < -0.3 is 4.90 Å². The maximum Gasteiger partial charge on any atom is 0.150 e.